The van der Waals surface area contributed by atoms with Crippen LogP contribution >= 0.6 is 0 Å². The molecular formula is C22H25F2N5. The SMILES string of the molecule is CC1C2=C(C=C(F)CC2)NC=C2N1C=NN2C1CCC(c2ncccc2F)CC1. The Labute approximate surface area is 169 Å². The summed E-state index contributed by atoms with van der Waals surface area (Å²) in [5.74, 6) is 0.878. The molecule has 4 aliphatic rings. The van der Waals surface area contributed by atoms with Crippen LogP contribution in [0, 0.1) is 5.82 Å². The van der Waals surface area contributed by atoms with Gasteiger partial charge >= 0.3 is 0 Å². The van der Waals surface area contributed by atoms with Crippen molar-refractivity contribution in [1.29, 1.82) is 0 Å². The number of fused-ring (bicyclic) bond motifs is 1. The Morgan fingerprint density at radius 3 is 2.76 bits per heavy atom. The zero-order valence-electron chi connectivity index (χ0n) is 16.5. The Hall–Kier alpha value is -2.70. The van der Waals surface area contributed by atoms with Gasteiger partial charge in [0.1, 0.15) is 23.8 Å². The smallest absolute Gasteiger partial charge is 0.147 e. The lowest BCUT2D eigenvalue weighted by atomic mass is 9.83. The zero-order chi connectivity index (χ0) is 20.0. The number of pyridine rings is 1. The van der Waals surface area contributed by atoms with Crippen molar-refractivity contribution in [2.75, 3.05) is 0 Å². The molecule has 0 saturated heterocycles. The Morgan fingerprint density at radius 1 is 1.14 bits per heavy atom. The Kier molecular flexibility index (Phi) is 4.60. The van der Waals surface area contributed by atoms with Gasteiger partial charge in [0.05, 0.1) is 17.8 Å². The van der Waals surface area contributed by atoms with Gasteiger partial charge in [0, 0.05) is 30.4 Å². The number of hydrogen-bond donors (Lipinski definition) is 1. The third-order valence-electron chi connectivity index (χ3n) is 6.57. The van der Waals surface area contributed by atoms with E-state index in [0.29, 0.717) is 12.1 Å². The summed E-state index contributed by atoms with van der Waals surface area (Å²) in [6.07, 6.45) is 11.9. The number of hydrazone groups is 1. The van der Waals surface area contributed by atoms with E-state index in [4.69, 9.17) is 0 Å². The highest BCUT2D eigenvalue weighted by atomic mass is 19.1. The molecule has 0 radical (unpaired) electrons. The Morgan fingerprint density at radius 2 is 1.97 bits per heavy atom. The molecule has 5 rings (SSSR count). The number of nitrogens with zero attached hydrogens (tertiary/aromatic N) is 4. The average molecular weight is 397 g/mol. The van der Waals surface area contributed by atoms with Crippen LogP contribution in [0.2, 0.25) is 0 Å². The van der Waals surface area contributed by atoms with Crippen molar-refractivity contribution in [2.24, 2.45) is 5.10 Å². The molecule has 1 aromatic rings. The van der Waals surface area contributed by atoms with Crippen LogP contribution in [-0.2, 0) is 0 Å². The van der Waals surface area contributed by atoms with E-state index in [1.54, 1.807) is 18.3 Å². The van der Waals surface area contributed by atoms with E-state index in [1.807, 2.05) is 12.5 Å². The molecule has 0 bridgehead atoms. The number of allylic oxidation sites excluding steroid dienone is 2. The first kappa shape index (κ1) is 18.3. The molecule has 1 saturated carbocycles. The standard InChI is InChI=1S/C22H25F2N5/c1-14-18-9-6-16(23)11-20(18)26-12-21-28(14)13-27-29(21)17-7-4-15(5-8-17)22-19(24)3-2-10-25-22/h2-3,10-15,17,26H,4-9H2,1H3. The molecule has 1 aromatic heterocycles. The van der Waals surface area contributed by atoms with Crippen LogP contribution in [-0.4, -0.2) is 33.3 Å². The Balaban J connectivity index is 1.31. The molecule has 0 aromatic carbocycles. The van der Waals surface area contributed by atoms with Crippen LogP contribution in [0.25, 0.3) is 0 Å². The lowest BCUT2D eigenvalue weighted by molar-refractivity contribution is 0.176. The number of aromatic nitrogens is 1. The van der Waals surface area contributed by atoms with Gasteiger partial charge < -0.3 is 10.2 Å². The van der Waals surface area contributed by atoms with Crippen LogP contribution in [0.1, 0.15) is 57.1 Å². The van der Waals surface area contributed by atoms with E-state index in [-0.39, 0.29) is 29.6 Å². The molecule has 3 heterocycles. The monoisotopic (exact) mass is 397 g/mol. The van der Waals surface area contributed by atoms with Gasteiger partial charge in [0.15, 0.2) is 0 Å². The minimum Gasteiger partial charge on any atom is -0.358 e. The van der Waals surface area contributed by atoms with Crippen LogP contribution in [0.4, 0.5) is 8.78 Å². The van der Waals surface area contributed by atoms with Crippen molar-refractivity contribution in [2.45, 2.75) is 63.5 Å². The summed E-state index contributed by atoms with van der Waals surface area (Å²) < 4.78 is 27.9. The fourth-order valence-electron chi connectivity index (χ4n) is 4.95. The molecule has 1 fully saturated rings. The third kappa shape index (κ3) is 3.22. The highest BCUT2D eigenvalue weighted by Crippen LogP contribution is 2.39. The highest BCUT2D eigenvalue weighted by molar-refractivity contribution is 5.63. The van der Waals surface area contributed by atoms with Gasteiger partial charge in [0.25, 0.3) is 0 Å². The predicted octanol–water partition coefficient (Wildman–Crippen LogP) is 4.50. The largest absolute Gasteiger partial charge is 0.358 e. The van der Waals surface area contributed by atoms with Crippen molar-refractivity contribution in [1.82, 2.24) is 20.2 Å². The first-order valence-corrected chi connectivity index (χ1v) is 10.4. The summed E-state index contributed by atoms with van der Waals surface area (Å²) >= 11 is 0. The second kappa shape index (κ2) is 7.28. The number of nitrogens with one attached hydrogen (secondary N) is 1. The fourth-order valence-corrected chi connectivity index (χ4v) is 4.95. The van der Waals surface area contributed by atoms with Crippen molar-refractivity contribution in [3.8, 4) is 0 Å². The van der Waals surface area contributed by atoms with E-state index in [9.17, 15) is 8.78 Å². The van der Waals surface area contributed by atoms with Crippen LogP contribution < -0.4 is 5.32 Å². The number of rotatable bonds is 2. The van der Waals surface area contributed by atoms with Crippen molar-refractivity contribution in [3.05, 3.63) is 65.0 Å². The minimum atomic E-state index is -0.206. The van der Waals surface area contributed by atoms with Gasteiger partial charge in [-0.05, 0) is 62.8 Å². The molecule has 2 aliphatic heterocycles. The first-order chi connectivity index (χ1) is 14.1. The molecular weight excluding hydrogens is 372 g/mol. The lowest BCUT2D eigenvalue weighted by Crippen LogP contribution is -2.38. The van der Waals surface area contributed by atoms with E-state index < -0.39 is 0 Å². The second-order valence-corrected chi connectivity index (χ2v) is 8.21. The summed E-state index contributed by atoms with van der Waals surface area (Å²) in [6, 6.07) is 3.52. The number of hydrogen-bond acceptors (Lipinski definition) is 5. The first-order valence-electron chi connectivity index (χ1n) is 10.4. The summed E-state index contributed by atoms with van der Waals surface area (Å²) in [4.78, 5) is 6.43. The second-order valence-electron chi connectivity index (χ2n) is 8.21. The molecule has 5 nitrogen and oxygen atoms in total. The van der Waals surface area contributed by atoms with Crippen molar-refractivity contribution < 1.29 is 8.78 Å². The molecule has 29 heavy (non-hydrogen) atoms. The third-order valence-corrected chi connectivity index (χ3v) is 6.57. The van der Waals surface area contributed by atoms with E-state index in [1.165, 1.54) is 11.6 Å². The van der Waals surface area contributed by atoms with Gasteiger partial charge in [0.2, 0.25) is 0 Å². The summed E-state index contributed by atoms with van der Waals surface area (Å²) in [5.41, 5.74) is 2.67. The normalized spacial score (nSPS) is 29.0. The van der Waals surface area contributed by atoms with Gasteiger partial charge in [-0.25, -0.2) is 13.8 Å². The fraction of sp³-hybridized carbons (Fsp3) is 0.455. The summed E-state index contributed by atoms with van der Waals surface area (Å²) in [7, 11) is 0. The zero-order valence-corrected chi connectivity index (χ0v) is 16.5. The molecule has 152 valence electrons. The van der Waals surface area contributed by atoms with E-state index in [0.717, 1.165) is 43.6 Å². The molecule has 2 aliphatic carbocycles. The maximum Gasteiger partial charge on any atom is 0.147 e. The lowest BCUT2D eigenvalue weighted by Gasteiger charge is -2.35. The quantitative estimate of drug-likeness (QED) is 0.798. The van der Waals surface area contributed by atoms with E-state index >= 15 is 0 Å². The molecule has 7 heteroatoms. The van der Waals surface area contributed by atoms with Crippen molar-refractivity contribution >= 4 is 6.34 Å². The number of halogens is 2. The Bertz CT molecular complexity index is 927. The maximum atomic E-state index is 14.1. The van der Waals surface area contributed by atoms with Gasteiger partial charge in [-0.15, -0.1) is 0 Å². The van der Waals surface area contributed by atoms with Gasteiger partial charge in [-0.1, -0.05) is 0 Å². The molecule has 1 N–H and O–H groups in total. The topological polar surface area (TPSA) is 43.8 Å². The van der Waals surface area contributed by atoms with Crippen LogP contribution in [0.15, 0.2) is 58.6 Å². The van der Waals surface area contributed by atoms with Gasteiger partial charge in [-0.2, -0.15) is 5.10 Å². The summed E-state index contributed by atoms with van der Waals surface area (Å²) in [6.45, 7) is 2.14. The molecule has 1 atom stereocenters. The highest BCUT2D eigenvalue weighted by Gasteiger charge is 2.37. The molecule has 0 amide bonds. The maximum absolute atomic E-state index is 14.1. The van der Waals surface area contributed by atoms with Gasteiger partial charge in [-0.3, -0.25) is 4.98 Å². The molecule has 0 spiro atoms. The predicted molar refractivity (Wildman–Crippen MR) is 107 cm³/mol. The minimum absolute atomic E-state index is 0.0745. The van der Waals surface area contributed by atoms with Crippen LogP contribution in [0.5, 0.6) is 0 Å². The van der Waals surface area contributed by atoms with Crippen LogP contribution in [0.3, 0.4) is 0 Å². The average Bonchev–Trinajstić information content (AvgIpc) is 3.11. The van der Waals surface area contributed by atoms with E-state index in [2.05, 4.69) is 32.2 Å². The molecule has 1 unspecified atom stereocenters. The van der Waals surface area contributed by atoms with Crippen molar-refractivity contribution in [3.63, 3.8) is 0 Å². The summed E-state index contributed by atoms with van der Waals surface area (Å²) in [5, 5.41) is 10.1.